The number of hydrogen-bond acceptors (Lipinski definition) is 6. The summed E-state index contributed by atoms with van der Waals surface area (Å²) in [5, 5.41) is 14.7. The van der Waals surface area contributed by atoms with Crippen LogP contribution in [0.25, 0.3) is 0 Å². The standard InChI is InChI=1S/C16H22N6O2/c1-13-4-3-5-16(18-13)20-7-6-19(14(2)11-20)8-9-21-12-15(10-17-21)22(23)24/h3-5,10,12,14H,6-9,11H2,1-2H3. The van der Waals surface area contributed by atoms with Crippen LogP contribution < -0.4 is 4.90 Å². The van der Waals surface area contributed by atoms with E-state index in [1.165, 1.54) is 12.4 Å². The van der Waals surface area contributed by atoms with Crippen LogP contribution in [0, 0.1) is 17.0 Å². The van der Waals surface area contributed by atoms with Crippen molar-refractivity contribution in [1.29, 1.82) is 0 Å². The van der Waals surface area contributed by atoms with E-state index in [1.54, 1.807) is 4.68 Å². The highest BCUT2D eigenvalue weighted by molar-refractivity contribution is 5.40. The Morgan fingerprint density at radius 2 is 2.17 bits per heavy atom. The largest absolute Gasteiger partial charge is 0.354 e. The van der Waals surface area contributed by atoms with Crippen molar-refractivity contribution in [1.82, 2.24) is 19.7 Å². The predicted molar refractivity (Wildman–Crippen MR) is 91.1 cm³/mol. The lowest BCUT2D eigenvalue weighted by atomic mass is 10.2. The van der Waals surface area contributed by atoms with E-state index >= 15 is 0 Å². The zero-order valence-corrected chi connectivity index (χ0v) is 14.0. The van der Waals surface area contributed by atoms with Gasteiger partial charge in [-0.15, -0.1) is 0 Å². The zero-order valence-electron chi connectivity index (χ0n) is 14.0. The summed E-state index contributed by atoms with van der Waals surface area (Å²) in [7, 11) is 0. The summed E-state index contributed by atoms with van der Waals surface area (Å²) in [6.45, 7) is 8.49. The summed E-state index contributed by atoms with van der Waals surface area (Å²) >= 11 is 0. The predicted octanol–water partition coefficient (Wildman–Crippen LogP) is 1.71. The molecule has 0 aromatic carbocycles. The van der Waals surface area contributed by atoms with Crippen molar-refractivity contribution in [3.63, 3.8) is 0 Å². The smallest absolute Gasteiger partial charge is 0.306 e. The van der Waals surface area contributed by atoms with Gasteiger partial charge < -0.3 is 4.90 Å². The molecule has 1 fully saturated rings. The Kier molecular flexibility index (Phi) is 4.75. The Morgan fingerprint density at radius 1 is 1.33 bits per heavy atom. The lowest BCUT2D eigenvalue weighted by Gasteiger charge is -2.40. The number of aromatic nitrogens is 3. The summed E-state index contributed by atoms with van der Waals surface area (Å²) in [6.07, 6.45) is 2.78. The van der Waals surface area contributed by atoms with Crippen LogP contribution in [-0.4, -0.2) is 56.8 Å². The summed E-state index contributed by atoms with van der Waals surface area (Å²) in [5.41, 5.74) is 1.07. The fourth-order valence-corrected chi connectivity index (χ4v) is 3.04. The van der Waals surface area contributed by atoms with Crippen molar-refractivity contribution < 1.29 is 4.92 Å². The molecule has 0 bridgehead atoms. The highest BCUT2D eigenvalue weighted by Crippen LogP contribution is 2.17. The van der Waals surface area contributed by atoms with Gasteiger partial charge in [-0.05, 0) is 26.0 Å². The first-order valence-corrected chi connectivity index (χ1v) is 8.12. The number of piperazine rings is 1. The number of nitro groups is 1. The molecule has 3 heterocycles. The van der Waals surface area contributed by atoms with Gasteiger partial charge in [0.1, 0.15) is 18.2 Å². The van der Waals surface area contributed by atoms with Gasteiger partial charge in [-0.2, -0.15) is 5.10 Å². The van der Waals surface area contributed by atoms with Gasteiger partial charge in [0.2, 0.25) is 0 Å². The normalized spacial score (nSPS) is 18.8. The van der Waals surface area contributed by atoms with Crippen LogP contribution >= 0.6 is 0 Å². The van der Waals surface area contributed by atoms with Crippen LogP contribution in [-0.2, 0) is 6.54 Å². The van der Waals surface area contributed by atoms with E-state index in [0.717, 1.165) is 37.7 Å². The quantitative estimate of drug-likeness (QED) is 0.613. The van der Waals surface area contributed by atoms with Gasteiger partial charge in [-0.1, -0.05) is 6.07 Å². The van der Waals surface area contributed by atoms with Gasteiger partial charge >= 0.3 is 5.69 Å². The summed E-state index contributed by atoms with van der Waals surface area (Å²) in [6, 6.07) is 6.50. The molecule has 1 unspecified atom stereocenters. The van der Waals surface area contributed by atoms with Crippen LogP contribution in [0.1, 0.15) is 12.6 Å². The molecule has 2 aromatic rings. The van der Waals surface area contributed by atoms with E-state index in [0.29, 0.717) is 12.6 Å². The maximum atomic E-state index is 10.7. The minimum absolute atomic E-state index is 0.0402. The SMILES string of the molecule is Cc1cccc(N2CCN(CCn3cc([N+](=O)[O-])cn3)C(C)C2)n1. The van der Waals surface area contributed by atoms with Gasteiger partial charge in [0, 0.05) is 37.9 Å². The Labute approximate surface area is 140 Å². The molecular weight excluding hydrogens is 308 g/mol. The fourth-order valence-electron chi connectivity index (χ4n) is 3.04. The fraction of sp³-hybridized carbons (Fsp3) is 0.500. The molecule has 1 aliphatic heterocycles. The van der Waals surface area contributed by atoms with Gasteiger partial charge in [0.25, 0.3) is 0 Å². The second-order valence-corrected chi connectivity index (χ2v) is 6.19. The molecule has 24 heavy (non-hydrogen) atoms. The number of hydrogen-bond donors (Lipinski definition) is 0. The van der Waals surface area contributed by atoms with E-state index < -0.39 is 4.92 Å². The molecule has 2 aromatic heterocycles. The third-order valence-corrected chi connectivity index (χ3v) is 4.41. The Morgan fingerprint density at radius 3 is 2.83 bits per heavy atom. The van der Waals surface area contributed by atoms with Crippen LogP contribution in [0.15, 0.2) is 30.6 Å². The van der Waals surface area contributed by atoms with Gasteiger partial charge in [-0.3, -0.25) is 19.7 Å². The molecule has 128 valence electrons. The maximum Gasteiger partial charge on any atom is 0.306 e. The third-order valence-electron chi connectivity index (χ3n) is 4.41. The number of anilines is 1. The second kappa shape index (κ2) is 6.96. The zero-order chi connectivity index (χ0) is 17.1. The molecule has 1 atom stereocenters. The van der Waals surface area contributed by atoms with Crippen molar-refractivity contribution in [2.45, 2.75) is 26.4 Å². The molecule has 1 saturated heterocycles. The first-order chi connectivity index (χ1) is 11.5. The Balaban J connectivity index is 1.54. The first-order valence-electron chi connectivity index (χ1n) is 8.12. The van der Waals surface area contributed by atoms with E-state index in [-0.39, 0.29) is 5.69 Å². The van der Waals surface area contributed by atoms with Gasteiger partial charge in [0.05, 0.1) is 11.5 Å². The van der Waals surface area contributed by atoms with Crippen LogP contribution in [0.5, 0.6) is 0 Å². The summed E-state index contributed by atoms with van der Waals surface area (Å²) < 4.78 is 1.64. The lowest BCUT2D eigenvalue weighted by molar-refractivity contribution is -0.385. The van der Waals surface area contributed by atoms with Gasteiger partial charge in [-0.25, -0.2) is 4.98 Å². The molecule has 0 saturated carbocycles. The highest BCUT2D eigenvalue weighted by Gasteiger charge is 2.24. The number of rotatable bonds is 5. The maximum absolute atomic E-state index is 10.7. The summed E-state index contributed by atoms with van der Waals surface area (Å²) in [4.78, 5) is 19.6. The third kappa shape index (κ3) is 3.70. The lowest BCUT2D eigenvalue weighted by Crippen LogP contribution is -2.52. The molecule has 0 spiro atoms. The average molecular weight is 330 g/mol. The number of aryl methyl sites for hydroxylation is 1. The number of nitrogens with zero attached hydrogens (tertiary/aromatic N) is 6. The van der Waals surface area contributed by atoms with Crippen LogP contribution in [0.2, 0.25) is 0 Å². The first kappa shape index (κ1) is 16.4. The van der Waals surface area contributed by atoms with E-state index in [4.69, 9.17) is 0 Å². The molecule has 1 aliphatic rings. The molecule has 0 aliphatic carbocycles. The topological polar surface area (TPSA) is 80.3 Å². The molecule has 0 N–H and O–H groups in total. The van der Waals surface area contributed by atoms with E-state index in [1.807, 2.05) is 19.1 Å². The minimum Gasteiger partial charge on any atom is -0.354 e. The van der Waals surface area contributed by atoms with Crippen molar-refractivity contribution in [3.8, 4) is 0 Å². The average Bonchev–Trinajstić information content (AvgIpc) is 3.03. The van der Waals surface area contributed by atoms with Gasteiger partial charge in [0.15, 0.2) is 0 Å². The van der Waals surface area contributed by atoms with Crippen molar-refractivity contribution in [2.24, 2.45) is 0 Å². The highest BCUT2D eigenvalue weighted by atomic mass is 16.6. The van der Waals surface area contributed by atoms with Crippen molar-refractivity contribution in [3.05, 3.63) is 46.4 Å². The number of pyridine rings is 1. The molecule has 3 rings (SSSR count). The summed E-state index contributed by atoms with van der Waals surface area (Å²) in [5.74, 6) is 1.03. The molecule has 0 radical (unpaired) electrons. The van der Waals surface area contributed by atoms with E-state index in [9.17, 15) is 10.1 Å². The van der Waals surface area contributed by atoms with E-state index in [2.05, 4.69) is 32.9 Å². The molecule has 8 nitrogen and oxygen atoms in total. The molecular formula is C16H22N6O2. The monoisotopic (exact) mass is 330 g/mol. The van der Waals surface area contributed by atoms with Crippen molar-refractivity contribution >= 4 is 11.5 Å². The van der Waals surface area contributed by atoms with Crippen LogP contribution in [0.4, 0.5) is 11.5 Å². The molecule has 8 heteroatoms. The Hall–Kier alpha value is -2.48. The van der Waals surface area contributed by atoms with Crippen LogP contribution in [0.3, 0.4) is 0 Å². The second-order valence-electron chi connectivity index (χ2n) is 6.19. The Bertz CT molecular complexity index is 716. The molecule has 0 amide bonds. The van der Waals surface area contributed by atoms with Crippen molar-refractivity contribution in [2.75, 3.05) is 31.1 Å². The minimum atomic E-state index is -0.417.